The molecule has 41 heavy (non-hydrogen) atoms. The highest BCUT2D eigenvalue weighted by Gasteiger charge is 2.64. The minimum Gasteiger partial charge on any atom is -0.458 e. The number of fused-ring (bicyclic) bond motifs is 1. The molecule has 2 aromatic carbocycles. The van der Waals surface area contributed by atoms with Gasteiger partial charge in [0.15, 0.2) is 5.69 Å². The molecule has 1 heterocycles. The molecule has 10 heteroatoms. The summed E-state index contributed by atoms with van der Waals surface area (Å²) in [4.78, 5) is 56.0. The van der Waals surface area contributed by atoms with E-state index in [0.29, 0.717) is 5.56 Å². The Morgan fingerprint density at radius 2 is 1.71 bits per heavy atom. The number of hydrogen-bond acceptors (Lipinski definition) is 5. The molecule has 0 spiro atoms. The summed E-state index contributed by atoms with van der Waals surface area (Å²) in [5, 5.41) is 14.1. The van der Waals surface area contributed by atoms with Gasteiger partial charge in [0.2, 0.25) is 17.5 Å². The lowest BCUT2D eigenvalue weighted by molar-refractivity contribution is -0.141. The fourth-order valence-corrected chi connectivity index (χ4v) is 5.63. The summed E-state index contributed by atoms with van der Waals surface area (Å²) >= 11 is 6.40. The minimum absolute atomic E-state index is 0.0240. The number of ether oxygens (including phenoxy) is 1. The summed E-state index contributed by atoms with van der Waals surface area (Å²) in [5.74, 6) is -1.88. The number of rotatable bonds is 9. The largest absolute Gasteiger partial charge is 0.524 e. The van der Waals surface area contributed by atoms with Gasteiger partial charge in [0, 0.05) is 36.7 Å². The van der Waals surface area contributed by atoms with Crippen molar-refractivity contribution in [2.24, 2.45) is 5.92 Å². The van der Waals surface area contributed by atoms with Crippen LogP contribution in [0.5, 0.6) is 0 Å². The van der Waals surface area contributed by atoms with E-state index < -0.39 is 39.9 Å². The molecule has 220 valence electrons. The van der Waals surface area contributed by atoms with Crippen LogP contribution in [-0.2, 0) is 25.7 Å². The van der Waals surface area contributed by atoms with Crippen LogP contribution in [0.15, 0.2) is 54.2 Å². The van der Waals surface area contributed by atoms with E-state index in [1.165, 1.54) is 17.9 Å². The van der Waals surface area contributed by atoms with Crippen LogP contribution in [0.1, 0.15) is 59.6 Å². The van der Waals surface area contributed by atoms with Crippen LogP contribution in [0, 0.1) is 5.92 Å². The second-order valence-electron chi connectivity index (χ2n) is 11.4. The Morgan fingerprint density at radius 3 is 2.22 bits per heavy atom. The Labute approximate surface area is 246 Å². The lowest BCUT2D eigenvalue weighted by atomic mass is 9.94. The molecular formula is C31H39ClN3O6+. The summed E-state index contributed by atoms with van der Waals surface area (Å²) in [7, 11) is 0. The van der Waals surface area contributed by atoms with Crippen molar-refractivity contribution in [3.05, 3.63) is 70.4 Å². The minimum atomic E-state index is -1.35. The van der Waals surface area contributed by atoms with Crippen LogP contribution in [0.3, 0.4) is 0 Å². The van der Waals surface area contributed by atoms with Crippen LogP contribution in [0.25, 0.3) is 5.57 Å². The number of esters is 1. The molecule has 0 aromatic heterocycles. The predicted molar refractivity (Wildman–Crippen MR) is 159 cm³/mol. The fourth-order valence-electron chi connectivity index (χ4n) is 5.46. The number of carbonyl (C=O) groups excluding carboxylic acids is 3. The van der Waals surface area contributed by atoms with E-state index in [2.05, 4.69) is 5.32 Å². The standard InChI is InChI=1S/C31H38ClN3O6/c1-8-41-29(38)27-25(23-15-14-22(32)16-24(23)35(27,30(39)40)31(5,6)7)26(34(20(4)36)18-19(2)3)28(37)33-17-21-12-10-9-11-13-21/h9-16,19,26H,8,17-18H2,1-7H3,(H-,33,37,39,40)/p+1. The monoisotopic (exact) mass is 584 g/mol. The summed E-state index contributed by atoms with van der Waals surface area (Å²) in [6.45, 7) is 12.2. The van der Waals surface area contributed by atoms with E-state index in [1.807, 2.05) is 44.2 Å². The van der Waals surface area contributed by atoms with E-state index >= 15 is 0 Å². The molecule has 0 aliphatic carbocycles. The zero-order chi connectivity index (χ0) is 30.7. The summed E-state index contributed by atoms with van der Waals surface area (Å²) in [6, 6.07) is 12.6. The first kappa shape index (κ1) is 31.8. The summed E-state index contributed by atoms with van der Waals surface area (Å²) < 4.78 is 4.49. The average Bonchev–Trinajstić information content (AvgIpc) is 3.18. The number of amides is 3. The van der Waals surface area contributed by atoms with E-state index in [1.54, 1.807) is 39.8 Å². The maximum absolute atomic E-state index is 14.2. The molecule has 3 amide bonds. The molecule has 2 unspecified atom stereocenters. The number of quaternary nitrogens is 1. The first-order valence-corrected chi connectivity index (χ1v) is 14.0. The Balaban J connectivity index is 2.44. The van der Waals surface area contributed by atoms with Gasteiger partial charge in [-0.1, -0.05) is 55.8 Å². The number of halogens is 1. The lowest BCUT2D eigenvalue weighted by Gasteiger charge is -2.41. The van der Waals surface area contributed by atoms with Gasteiger partial charge >= 0.3 is 12.1 Å². The summed E-state index contributed by atoms with van der Waals surface area (Å²) in [5.41, 5.74) is 0.113. The van der Waals surface area contributed by atoms with Gasteiger partial charge in [-0.25, -0.2) is 4.79 Å². The summed E-state index contributed by atoms with van der Waals surface area (Å²) in [6.07, 6.45) is -1.35. The van der Waals surface area contributed by atoms with Crippen LogP contribution in [0.4, 0.5) is 10.5 Å². The van der Waals surface area contributed by atoms with E-state index in [4.69, 9.17) is 16.3 Å². The van der Waals surface area contributed by atoms with E-state index in [0.717, 1.165) is 5.56 Å². The van der Waals surface area contributed by atoms with Crippen LogP contribution >= 0.6 is 11.6 Å². The molecule has 1 aliphatic heterocycles. The highest BCUT2D eigenvalue weighted by atomic mass is 35.5. The van der Waals surface area contributed by atoms with E-state index in [-0.39, 0.29) is 47.6 Å². The molecule has 0 radical (unpaired) electrons. The zero-order valence-electron chi connectivity index (χ0n) is 24.7. The van der Waals surface area contributed by atoms with Crippen LogP contribution in [-0.4, -0.2) is 58.6 Å². The molecule has 9 nitrogen and oxygen atoms in total. The molecule has 1 aliphatic rings. The highest BCUT2D eigenvalue weighted by molar-refractivity contribution is 6.31. The van der Waals surface area contributed by atoms with Gasteiger partial charge in [-0.3, -0.25) is 9.59 Å². The van der Waals surface area contributed by atoms with Crippen molar-refractivity contribution >= 4 is 46.7 Å². The van der Waals surface area contributed by atoms with Crippen LogP contribution < -0.4 is 9.80 Å². The number of carboxylic acid groups (broad SMARTS) is 1. The number of benzene rings is 2. The average molecular weight is 585 g/mol. The predicted octanol–water partition coefficient (Wildman–Crippen LogP) is 5.60. The third-order valence-electron chi connectivity index (χ3n) is 7.07. The maximum Gasteiger partial charge on any atom is 0.524 e. The first-order valence-electron chi connectivity index (χ1n) is 13.6. The molecular weight excluding hydrogens is 546 g/mol. The fraction of sp³-hybridized carbons (Fsp3) is 0.419. The van der Waals surface area contributed by atoms with Crippen LogP contribution in [0.2, 0.25) is 5.02 Å². The topological polar surface area (TPSA) is 113 Å². The normalized spacial score (nSPS) is 17.2. The van der Waals surface area contributed by atoms with Crippen molar-refractivity contribution in [2.75, 3.05) is 13.2 Å². The van der Waals surface area contributed by atoms with Gasteiger partial charge in [-0.2, -0.15) is 4.79 Å². The van der Waals surface area contributed by atoms with E-state index in [9.17, 15) is 24.3 Å². The van der Waals surface area contributed by atoms with Crippen molar-refractivity contribution in [2.45, 2.75) is 66.6 Å². The Kier molecular flexibility index (Phi) is 9.66. The number of hydrogen-bond donors (Lipinski definition) is 2. The Hall–Kier alpha value is -3.69. The maximum atomic E-state index is 14.2. The molecule has 0 fully saturated rings. The van der Waals surface area contributed by atoms with Gasteiger partial charge in [-0.05, 0) is 51.3 Å². The van der Waals surface area contributed by atoms with Crippen molar-refractivity contribution < 1.29 is 29.0 Å². The molecule has 0 saturated heterocycles. The molecule has 0 bridgehead atoms. The Morgan fingerprint density at radius 1 is 1.07 bits per heavy atom. The first-order chi connectivity index (χ1) is 19.2. The number of nitrogens with zero attached hydrogens (tertiary/aromatic N) is 2. The molecule has 2 atom stereocenters. The van der Waals surface area contributed by atoms with Gasteiger partial charge in [0.1, 0.15) is 11.6 Å². The smallest absolute Gasteiger partial charge is 0.458 e. The molecule has 2 aromatic rings. The van der Waals surface area contributed by atoms with Gasteiger partial charge in [0.05, 0.1) is 12.2 Å². The quantitative estimate of drug-likeness (QED) is 0.293. The lowest BCUT2D eigenvalue weighted by Crippen LogP contribution is -2.64. The van der Waals surface area contributed by atoms with Gasteiger partial charge in [-0.15, -0.1) is 4.48 Å². The number of carbonyl (C=O) groups is 4. The second kappa shape index (κ2) is 12.4. The zero-order valence-corrected chi connectivity index (χ0v) is 25.4. The molecule has 2 N–H and O–H groups in total. The number of nitrogens with one attached hydrogen (secondary N) is 1. The van der Waals surface area contributed by atoms with Gasteiger partial charge < -0.3 is 20.1 Å². The molecule has 3 rings (SSSR count). The third kappa shape index (κ3) is 6.01. The van der Waals surface area contributed by atoms with Crippen molar-refractivity contribution in [1.29, 1.82) is 0 Å². The SMILES string of the molecule is CCOC(=O)C1=C(C(C(=O)NCc2ccccc2)N(CC(C)C)C(C)=O)c2ccc(Cl)cc2[N+]1(C(=O)O)C(C)(C)C. The Bertz CT molecular complexity index is 1370. The third-order valence-corrected chi connectivity index (χ3v) is 7.31. The van der Waals surface area contributed by atoms with Crippen molar-refractivity contribution in [3.63, 3.8) is 0 Å². The van der Waals surface area contributed by atoms with Crippen molar-refractivity contribution in [1.82, 2.24) is 14.7 Å². The molecule has 0 saturated carbocycles. The van der Waals surface area contributed by atoms with Crippen molar-refractivity contribution in [3.8, 4) is 0 Å². The van der Waals surface area contributed by atoms with Gasteiger partial charge in [0.25, 0.3) is 0 Å². The second-order valence-corrected chi connectivity index (χ2v) is 11.9. The highest BCUT2D eigenvalue weighted by Crippen LogP contribution is 2.53.